The first-order chi connectivity index (χ1) is 12.2. The zero-order chi connectivity index (χ0) is 17.5. The van der Waals surface area contributed by atoms with Gasteiger partial charge in [-0.3, -0.25) is 4.79 Å². The Labute approximate surface area is 146 Å². The smallest absolute Gasteiger partial charge is 0.227 e. The highest BCUT2D eigenvalue weighted by Gasteiger charge is 2.15. The molecule has 1 aliphatic heterocycles. The summed E-state index contributed by atoms with van der Waals surface area (Å²) in [6.45, 7) is 1.20. The summed E-state index contributed by atoms with van der Waals surface area (Å²) in [5, 5.41) is 0. The molecule has 0 bridgehead atoms. The Bertz CT molecular complexity index is 715. The minimum Gasteiger partial charge on any atom is -0.497 e. The molecule has 1 unspecified atom stereocenters. The Kier molecular flexibility index (Phi) is 6.09. The van der Waals surface area contributed by atoms with Crippen molar-refractivity contribution in [2.24, 2.45) is 0 Å². The lowest BCUT2D eigenvalue weighted by molar-refractivity contribution is -0.171. The molecule has 1 saturated heterocycles. The Hall–Kier alpha value is -2.31. The number of benzene rings is 1. The van der Waals surface area contributed by atoms with Crippen LogP contribution in [-0.2, 0) is 22.7 Å². The molecule has 6 heteroatoms. The highest BCUT2D eigenvalue weighted by atomic mass is 16.7. The average molecular weight is 346 g/mol. The molecule has 0 N–H and O–H groups in total. The number of methoxy groups -OCH3 is 1. The molecular formula is C19H22O6. The summed E-state index contributed by atoms with van der Waals surface area (Å²) in [5.41, 5.74) is 0.699. The number of hydrogen-bond donors (Lipinski definition) is 0. The largest absolute Gasteiger partial charge is 0.497 e. The highest BCUT2D eigenvalue weighted by molar-refractivity contribution is 5.27. The Balaban J connectivity index is 1.53. The minimum absolute atomic E-state index is 0.175. The van der Waals surface area contributed by atoms with E-state index in [0.717, 1.165) is 30.6 Å². The third kappa shape index (κ3) is 5.08. The molecule has 134 valence electrons. The van der Waals surface area contributed by atoms with Gasteiger partial charge in [0, 0.05) is 12.7 Å². The lowest BCUT2D eigenvalue weighted by atomic mass is 10.2. The fraction of sp³-hybridized carbons (Fsp3) is 0.421. The summed E-state index contributed by atoms with van der Waals surface area (Å²) >= 11 is 0. The normalized spacial score (nSPS) is 17.2. The Morgan fingerprint density at radius 1 is 1.16 bits per heavy atom. The van der Waals surface area contributed by atoms with Crippen LogP contribution in [0.5, 0.6) is 11.5 Å². The maximum atomic E-state index is 12.1. The molecule has 0 amide bonds. The predicted octanol–water partition coefficient (Wildman–Crippen LogP) is 3.27. The topological polar surface area (TPSA) is 67.1 Å². The summed E-state index contributed by atoms with van der Waals surface area (Å²) < 4.78 is 27.2. The maximum Gasteiger partial charge on any atom is 0.227 e. The molecule has 0 saturated carbocycles. The van der Waals surface area contributed by atoms with E-state index in [1.807, 2.05) is 24.3 Å². The van der Waals surface area contributed by atoms with Gasteiger partial charge in [0.25, 0.3) is 0 Å². The molecule has 6 nitrogen and oxygen atoms in total. The first kappa shape index (κ1) is 17.5. The summed E-state index contributed by atoms with van der Waals surface area (Å²) in [6.07, 6.45) is 4.13. The van der Waals surface area contributed by atoms with Gasteiger partial charge >= 0.3 is 0 Å². The van der Waals surface area contributed by atoms with Crippen molar-refractivity contribution in [3.8, 4) is 11.5 Å². The molecule has 1 atom stereocenters. The lowest BCUT2D eigenvalue weighted by Crippen LogP contribution is -2.22. The van der Waals surface area contributed by atoms with Crippen LogP contribution in [0.25, 0.3) is 0 Å². The second-order valence-corrected chi connectivity index (χ2v) is 5.82. The van der Waals surface area contributed by atoms with Crippen molar-refractivity contribution in [2.75, 3.05) is 13.7 Å². The highest BCUT2D eigenvalue weighted by Crippen LogP contribution is 2.17. The third-order valence-electron chi connectivity index (χ3n) is 3.96. The van der Waals surface area contributed by atoms with Gasteiger partial charge in [0.15, 0.2) is 6.29 Å². The lowest BCUT2D eigenvalue weighted by Gasteiger charge is -2.22. The number of rotatable bonds is 7. The van der Waals surface area contributed by atoms with Gasteiger partial charge in [0.1, 0.15) is 31.0 Å². The van der Waals surface area contributed by atoms with Crippen LogP contribution in [0, 0.1) is 0 Å². The van der Waals surface area contributed by atoms with Crippen LogP contribution >= 0.6 is 0 Å². The van der Waals surface area contributed by atoms with Crippen molar-refractivity contribution in [1.82, 2.24) is 0 Å². The monoisotopic (exact) mass is 346 g/mol. The molecule has 3 rings (SSSR count). The first-order valence-electron chi connectivity index (χ1n) is 8.35. The van der Waals surface area contributed by atoms with E-state index >= 15 is 0 Å². The van der Waals surface area contributed by atoms with Gasteiger partial charge in [-0.05, 0) is 37.0 Å². The summed E-state index contributed by atoms with van der Waals surface area (Å²) in [6, 6.07) is 8.84. The average Bonchev–Trinajstić information content (AvgIpc) is 2.67. The van der Waals surface area contributed by atoms with Crippen LogP contribution in [0.4, 0.5) is 0 Å². The van der Waals surface area contributed by atoms with Crippen LogP contribution in [0.3, 0.4) is 0 Å². The van der Waals surface area contributed by atoms with Crippen LogP contribution < -0.4 is 14.9 Å². The first-order valence-corrected chi connectivity index (χ1v) is 8.35. The van der Waals surface area contributed by atoms with E-state index in [1.165, 1.54) is 12.3 Å². The Morgan fingerprint density at radius 2 is 2.00 bits per heavy atom. The fourth-order valence-corrected chi connectivity index (χ4v) is 2.52. The maximum absolute atomic E-state index is 12.1. The van der Waals surface area contributed by atoms with Crippen molar-refractivity contribution in [1.29, 1.82) is 0 Å². The molecule has 1 aliphatic rings. The molecule has 2 heterocycles. The summed E-state index contributed by atoms with van der Waals surface area (Å²) in [7, 11) is 1.61. The number of ether oxygens (including phenoxy) is 4. The van der Waals surface area contributed by atoms with Gasteiger partial charge in [-0.1, -0.05) is 12.1 Å². The van der Waals surface area contributed by atoms with E-state index in [-0.39, 0.29) is 30.7 Å². The minimum atomic E-state index is -0.233. The van der Waals surface area contributed by atoms with Crippen LogP contribution in [0.1, 0.15) is 30.6 Å². The SMILES string of the molecule is COc1ccc(COc2coc(COC3CCCCO3)cc2=O)cc1. The molecule has 1 aromatic heterocycles. The van der Waals surface area contributed by atoms with Gasteiger partial charge in [-0.15, -0.1) is 0 Å². The predicted molar refractivity (Wildman–Crippen MR) is 90.7 cm³/mol. The Morgan fingerprint density at radius 3 is 2.68 bits per heavy atom. The molecule has 0 aliphatic carbocycles. The molecule has 0 spiro atoms. The van der Waals surface area contributed by atoms with Gasteiger partial charge in [-0.2, -0.15) is 0 Å². The van der Waals surface area contributed by atoms with E-state index in [1.54, 1.807) is 7.11 Å². The second-order valence-electron chi connectivity index (χ2n) is 5.82. The van der Waals surface area contributed by atoms with Crippen LogP contribution in [0.2, 0.25) is 0 Å². The van der Waals surface area contributed by atoms with Crippen molar-refractivity contribution in [3.05, 3.63) is 58.1 Å². The summed E-state index contributed by atoms with van der Waals surface area (Å²) in [5.74, 6) is 1.40. The van der Waals surface area contributed by atoms with E-state index in [9.17, 15) is 4.79 Å². The molecule has 25 heavy (non-hydrogen) atoms. The number of hydrogen-bond acceptors (Lipinski definition) is 6. The van der Waals surface area contributed by atoms with Gasteiger partial charge < -0.3 is 23.4 Å². The van der Waals surface area contributed by atoms with Crippen molar-refractivity contribution >= 4 is 0 Å². The van der Waals surface area contributed by atoms with Crippen molar-refractivity contribution < 1.29 is 23.4 Å². The van der Waals surface area contributed by atoms with E-state index in [2.05, 4.69) is 0 Å². The standard InChI is InChI=1S/C19H22O6/c1-21-15-7-5-14(6-8-15)11-24-18-13-23-16(10-17(18)20)12-25-19-4-2-3-9-22-19/h5-8,10,13,19H,2-4,9,11-12H2,1H3. The van der Waals surface area contributed by atoms with Gasteiger partial charge in [-0.25, -0.2) is 0 Å². The zero-order valence-corrected chi connectivity index (χ0v) is 14.2. The van der Waals surface area contributed by atoms with E-state index < -0.39 is 0 Å². The van der Waals surface area contributed by atoms with E-state index in [4.69, 9.17) is 23.4 Å². The second kappa shape index (κ2) is 8.69. The molecule has 0 radical (unpaired) electrons. The zero-order valence-electron chi connectivity index (χ0n) is 14.2. The third-order valence-corrected chi connectivity index (χ3v) is 3.96. The van der Waals surface area contributed by atoms with Crippen LogP contribution in [-0.4, -0.2) is 20.0 Å². The molecular weight excluding hydrogens is 324 g/mol. The molecule has 1 aromatic carbocycles. The molecule has 2 aromatic rings. The van der Waals surface area contributed by atoms with Crippen molar-refractivity contribution in [2.45, 2.75) is 38.8 Å². The van der Waals surface area contributed by atoms with E-state index in [0.29, 0.717) is 12.4 Å². The summed E-state index contributed by atoms with van der Waals surface area (Å²) in [4.78, 5) is 12.1. The van der Waals surface area contributed by atoms with Gasteiger partial charge in [0.2, 0.25) is 11.2 Å². The quantitative estimate of drug-likeness (QED) is 0.766. The van der Waals surface area contributed by atoms with Gasteiger partial charge in [0.05, 0.1) is 7.11 Å². The fourth-order valence-electron chi connectivity index (χ4n) is 2.52. The molecule has 1 fully saturated rings. The van der Waals surface area contributed by atoms with Crippen LogP contribution in [0.15, 0.2) is 45.8 Å². The van der Waals surface area contributed by atoms with Crippen molar-refractivity contribution in [3.63, 3.8) is 0 Å².